The number of hydrogen-bond acceptors (Lipinski definition) is 6. The molecule has 0 radical (unpaired) electrons. The Labute approximate surface area is 212 Å². The second-order valence-corrected chi connectivity index (χ2v) is 9.97. The van der Waals surface area contributed by atoms with Gasteiger partial charge in [-0.25, -0.2) is 4.68 Å². The maximum atomic E-state index is 13.0. The summed E-state index contributed by atoms with van der Waals surface area (Å²) in [5, 5.41) is 17.5. The molecule has 5 rings (SSSR count). The fourth-order valence-corrected chi connectivity index (χ4v) is 4.92. The smallest absolute Gasteiger partial charge is 0.222 e. The number of nitrogens with zero attached hydrogens (tertiary/aromatic N) is 8. The van der Waals surface area contributed by atoms with Crippen LogP contribution in [0.2, 0.25) is 0 Å². The van der Waals surface area contributed by atoms with E-state index in [1.54, 1.807) is 4.52 Å². The van der Waals surface area contributed by atoms with Crippen LogP contribution in [0, 0.1) is 20.8 Å². The maximum absolute atomic E-state index is 13.0. The van der Waals surface area contributed by atoms with Gasteiger partial charge >= 0.3 is 0 Å². The maximum Gasteiger partial charge on any atom is 0.222 e. The molecule has 0 unspecified atom stereocenters. The van der Waals surface area contributed by atoms with Gasteiger partial charge in [-0.15, -0.1) is 15.3 Å². The topological polar surface area (TPSA) is 84.4 Å². The fourth-order valence-electron chi connectivity index (χ4n) is 4.65. The van der Waals surface area contributed by atoms with Crippen molar-refractivity contribution in [1.82, 2.24) is 39.4 Å². The molecule has 0 aliphatic carbocycles. The highest BCUT2D eigenvalue weighted by Gasteiger charge is 2.22. The van der Waals surface area contributed by atoms with Crippen molar-refractivity contribution in [3.8, 4) is 5.82 Å². The summed E-state index contributed by atoms with van der Waals surface area (Å²) in [5.74, 6) is 1.64. The van der Waals surface area contributed by atoms with E-state index in [1.807, 2.05) is 42.5 Å². The van der Waals surface area contributed by atoms with Crippen LogP contribution < -0.4 is 0 Å². The van der Waals surface area contributed by atoms with Gasteiger partial charge in [-0.05, 0) is 62.6 Å². The molecule has 1 aromatic carbocycles. The van der Waals surface area contributed by atoms with E-state index in [2.05, 4.69) is 60.4 Å². The van der Waals surface area contributed by atoms with Gasteiger partial charge in [-0.2, -0.15) is 9.61 Å². The zero-order valence-electron chi connectivity index (χ0n) is 20.3. The average Bonchev–Trinajstić information content (AvgIpc) is 3.37. The van der Waals surface area contributed by atoms with Gasteiger partial charge in [0.1, 0.15) is 0 Å². The van der Waals surface area contributed by atoms with Crippen LogP contribution in [-0.2, 0) is 17.8 Å². The van der Waals surface area contributed by atoms with E-state index in [0.29, 0.717) is 24.3 Å². The Bertz CT molecular complexity index is 1350. The van der Waals surface area contributed by atoms with Crippen molar-refractivity contribution in [3.05, 3.63) is 69.2 Å². The molecule has 1 saturated heterocycles. The van der Waals surface area contributed by atoms with Crippen molar-refractivity contribution in [3.63, 3.8) is 0 Å². The van der Waals surface area contributed by atoms with Gasteiger partial charge in [-0.3, -0.25) is 9.69 Å². The Balaban J connectivity index is 1.19. The van der Waals surface area contributed by atoms with Gasteiger partial charge < -0.3 is 4.90 Å². The van der Waals surface area contributed by atoms with E-state index in [0.717, 1.165) is 60.0 Å². The number of benzene rings is 1. The van der Waals surface area contributed by atoms with Crippen LogP contribution in [0.1, 0.15) is 34.8 Å². The predicted molar refractivity (Wildman–Crippen MR) is 136 cm³/mol. The van der Waals surface area contributed by atoms with Crippen LogP contribution in [0.3, 0.4) is 0 Å². The van der Waals surface area contributed by atoms with Crippen LogP contribution in [0.15, 0.2) is 40.9 Å². The van der Waals surface area contributed by atoms with Crippen LogP contribution in [0.5, 0.6) is 0 Å². The Morgan fingerprint density at radius 2 is 1.69 bits per heavy atom. The number of carbonyl (C=O) groups excluding carboxylic acids is 1. The van der Waals surface area contributed by atoms with Gasteiger partial charge in [0.15, 0.2) is 17.3 Å². The van der Waals surface area contributed by atoms with Gasteiger partial charge in [0.2, 0.25) is 5.91 Å². The highest BCUT2D eigenvalue weighted by Crippen LogP contribution is 2.20. The lowest BCUT2D eigenvalue weighted by Crippen LogP contribution is -2.48. The minimum absolute atomic E-state index is 0.208. The summed E-state index contributed by atoms with van der Waals surface area (Å²) < 4.78 is 4.65. The standard InChI is InChI=1S/C25H29BrN8O/c1-17-22(18(2)33(29-17)24-10-9-23-28-27-19(3)34(23)30-24)8-11-25(35)32-14-12-31(13-15-32)16-20-4-6-21(26)7-5-20/h4-7,9-10H,8,11-16H2,1-3H3. The third-order valence-electron chi connectivity index (χ3n) is 6.70. The summed E-state index contributed by atoms with van der Waals surface area (Å²) in [6, 6.07) is 12.2. The van der Waals surface area contributed by atoms with E-state index >= 15 is 0 Å². The molecule has 182 valence electrons. The van der Waals surface area contributed by atoms with Crippen LogP contribution in [0.4, 0.5) is 0 Å². The van der Waals surface area contributed by atoms with Crippen LogP contribution >= 0.6 is 15.9 Å². The summed E-state index contributed by atoms with van der Waals surface area (Å²) >= 11 is 3.49. The lowest BCUT2D eigenvalue weighted by Gasteiger charge is -2.34. The molecule has 1 fully saturated rings. The van der Waals surface area contributed by atoms with E-state index in [-0.39, 0.29) is 5.91 Å². The number of piperazine rings is 1. The third-order valence-corrected chi connectivity index (χ3v) is 7.22. The number of fused-ring (bicyclic) bond motifs is 1. The highest BCUT2D eigenvalue weighted by molar-refractivity contribution is 9.10. The van der Waals surface area contributed by atoms with Crippen molar-refractivity contribution in [1.29, 1.82) is 0 Å². The number of amides is 1. The first-order valence-corrected chi connectivity index (χ1v) is 12.7. The summed E-state index contributed by atoms with van der Waals surface area (Å²) in [7, 11) is 0. The first-order valence-electron chi connectivity index (χ1n) is 11.9. The van der Waals surface area contributed by atoms with Crippen molar-refractivity contribution < 1.29 is 4.79 Å². The van der Waals surface area contributed by atoms with Crippen molar-refractivity contribution >= 4 is 27.5 Å². The molecular formula is C25H29BrN8O. The number of aromatic nitrogens is 6. The van der Waals surface area contributed by atoms with Gasteiger partial charge in [0.25, 0.3) is 0 Å². The summed E-state index contributed by atoms with van der Waals surface area (Å²) in [4.78, 5) is 17.4. The largest absolute Gasteiger partial charge is 0.340 e. The zero-order chi connectivity index (χ0) is 24.5. The Kier molecular flexibility index (Phi) is 6.66. The molecule has 4 heterocycles. The molecule has 0 saturated carbocycles. The lowest BCUT2D eigenvalue weighted by molar-refractivity contribution is -0.133. The summed E-state index contributed by atoms with van der Waals surface area (Å²) in [6.07, 6.45) is 1.15. The molecule has 35 heavy (non-hydrogen) atoms. The lowest BCUT2D eigenvalue weighted by atomic mass is 10.1. The minimum atomic E-state index is 0.208. The van der Waals surface area contributed by atoms with Gasteiger partial charge in [0, 0.05) is 49.3 Å². The Hall–Kier alpha value is -3.11. The highest BCUT2D eigenvalue weighted by atomic mass is 79.9. The van der Waals surface area contributed by atoms with Crippen molar-refractivity contribution in [2.45, 2.75) is 40.2 Å². The molecule has 10 heteroatoms. The molecule has 0 atom stereocenters. The SMILES string of the molecule is Cc1nn(-c2ccc3nnc(C)n3n2)c(C)c1CCC(=O)N1CCN(Cc2ccc(Br)cc2)CC1. The third kappa shape index (κ3) is 4.99. The van der Waals surface area contributed by atoms with Crippen molar-refractivity contribution in [2.75, 3.05) is 26.2 Å². The molecule has 1 aliphatic rings. The minimum Gasteiger partial charge on any atom is -0.340 e. The monoisotopic (exact) mass is 536 g/mol. The molecule has 1 amide bonds. The van der Waals surface area contributed by atoms with Crippen LogP contribution in [-0.4, -0.2) is 71.5 Å². The first kappa shape index (κ1) is 23.6. The number of hydrogen-bond donors (Lipinski definition) is 0. The number of aryl methyl sites for hydroxylation is 2. The summed E-state index contributed by atoms with van der Waals surface area (Å²) in [5.41, 5.74) is 5.04. The molecule has 4 aromatic rings. The number of rotatable bonds is 6. The van der Waals surface area contributed by atoms with E-state index in [1.165, 1.54) is 5.56 Å². The zero-order valence-corrected chi connectivity index (χ0v) is 21.9. The number of halogens is 1. The normalized spacial score (nSPS) is 14.7. The predicted octanol–water partition coefficient (Wildman–Crippen LogP) is 3.27. The summed E-state index contributed by atoms with van der Waals surface area (Å²) in [6.45, 7) is 10.2. The Morgan fingerprint density at radius 1 is 0.943 bits per heavy atom. The molecule has 0 spiro atoms. The fraction of sp³-hybridized carbons (Fsp3) is 0.400. The molecule has 9 nitrogen and oxygen atoms in total. The Morgan fingerprint density at radius 3 is 2.43 bits per heavy atom. The molecule has 0 N–H and O–H groups in total. The van der Waals surface area contributed by atoms with Crippen molar-refractivity contribution in [2.24, 2.45) is 0 Å². The van der Waals surface area contributed by atoms with Crippen LogP contribution in [0.25, 0.3) is 11.5 Å². The van der Waals surface area contributed by atoms with Gasteiger partial charge in [-0.1, -0.05) is 28.1 Å². The molecule has 0 bridgehead atoms. The average molecular weight is 537 g/mol. The van der Waals surface area contributed by atoms with E-state index < -0.39 is 0 Å². The quantitative estimate of drug-likeness (QED) is 0.376. The first-order chi connectivity index (χ1) is 16.9. The van der Waals surface area contributed by atoms with E-state index in [9.17, 15) is 4.79 Å². The van der Waals surface area contributed by atoms with E-state index in [4.69, 9.17) is 5.10 Å². The second kappa shape index (κ2) is 9.87. The molecule has 1 aliphatic heterocycles. The second-order valence-electron chi connectivity index (χ2n) is 9.05. The van der Waals surface area contributed by atoms with Gasteiger partial charge in [0.05, 0.1) is 5.69 Å². The number of carbonyl (C=O) groups is 1. The molecular weight excluding hydrogens is 508 g/mol. The molecule has 3 aromatic heterocycles.